The van der Waals surface area contributed by atoms with Gasteiger partial charge in [-0.3, -0.25) is 9.59 Å². The summed E-state index contributed by atoms with van der Waals surface area (Å²) in [7, 11) is 0. The van der Waals surface area contributed by atoms with E-state index >= 15 is 0 Å². The molecule has 130 valence electrons. The van der Waals surface area contributed by atoms with Gasteiger partial charge in [-0.05, 0) is 42.5 Å². The highest BCUT2D eigenvalue weighted by molar-refractivity contribution is 6.43. The molecule has 0 saturated heterocycles. The Labute approximate surface area is 149 Å². The molecule has 0 unspecified atom stereocenters. The van der Waals surface area contributed by atoms with E-state index in [1.54, 1.807) is 36.4 Å². The van der Waals surface area contributed by atoms with Gasteiger partial charge in [0.05, 0.1) is 5.69 Å². The fourth-order valence-electron chi connectivity index (χ4n) is 2.21. The van der Waals surface area contributed by atoms with Crippen LogP contribution < -0.4 is 15.4 Å². The molecule has 0 aliphatic rings. The molecule has 0 aliphatic heterocycles. The van der Waals surface area contributed by atoms with E-state index < -0.39 is 17.6 Å². The Bertz CT molecular complexity index is 929. The van der Waals surface area contributed by atoms with Crippen LogP contribution in [0.4, 0.5) is 15.8 Å². The first-order valence-corrected chi connectivity index (χ1v) is 7.81. The van der Waals surface area contributed by atoms with Gasteiger partial charge in [0.25, 0.3) is 0 Å². The summed E-state index contributed by atoms with van der Waals surface area (Å²) in [6, 6.07) is 21.1. The number of nitrogens with one attached hydrogen (secondary N) is 2. The monoisotopic (exact) mass is 350 g/mol. The molecule has 0 spiro atoms. The third-order valence-corrected chi connectivity index (χ3v) is 3.39. The van der Waals surface area contributed by atoms with Crippen LogP contribution in [-0.2, 0) is 9.59 Å². The molecule has 0 radical (unpaired) electrons. The zero-order chi connectivity index (χ0) is 18.4. The Kier molecular flexibility index (Phi) is 5.24. The van der Waals surface area contributed by atoms with Crippen molar-refractivity contribution in [3.8, 4) is 11.5 Å². The molecule has 0 aliphatic carbocycles. The van der Waals surface area contributed by atoms with Gasteiger partial charge in [-0.15, -0.1) is 0 Å². The van der Waals surface area contributed by atoms with Crippen molar-refractivity contribution in [3.05, 3.63) is 84.7 Å². The van der Waals surface area contributed by atoms with Crippen LogP contribution in [0, 0.1) is 5.82 Å². The first kappa shape index (κ1) is 17.2. The van der Waals surface area contributed by atoms with Crippen LogP contribution in [0.3, 0.4) is 0 Å². The highest BCUT2D eigenvalue weighted by Gasteiger charge is 2.16. The lowest BCUT2D eigenvalue weighted by Gasteiger charge is -2.12. The number of para-hydroxylation sites is 3. The number of amides is 2. The van der Waals surface area contributed by atoms with Crippen LogP contribution in [0.25, 0.3) is 0 Å². The first-order valence-electron chi connectivity index (χ1n) is 7.81. The van der Waals surface area contributed by atoms with Crippen molar-refractivity contribution in [2.75, 3.05) is 10.6 Å². The molecule has 0 aromatic heterocycles. The number of hydrogen-bond donors (Lipinski definition) is 2. The quantitative estimate of drug-likeness (QED) is 0.693. The summed E-state index contributed by atoms with van der Waals surface area (Å²) in [5, 5.41) is 4.84. The van der Waals surface area contributed by atoms with Crippen LogP contribution in [0.2, 0.25) is 0 Å². The van der Waals surface area contributed by atoms with Crippen LogP contribution in [0.1, 0.15) is 0 Å². The predicted octanol–water partition coefficient (Wildman–Crippen LogP) is 4.20. The second-order valence-electron chi connectivity index (χ2n) is 5.33. The molecule has 6 heteroatoms. The van der Waals surface area contributed by atoms with Crippen LogP contribution >= 0.6 is 0 Å². The Morgan fingerprint density at radius 1 is 0.769 bits per heavy atom. The van der Waals surface area contributed by atoms with E-state index in [-0.39, 0.29) is 5.69 Å². The standard InChI is InChI=1S/C20H15FN2O3/c21-14-7-6-8-15(13-14)22-19(24)20(25)23-17-11-4-5-12-18(17)26-16-9-2-1-3-10-16/h1-13H,(H,22,24)(H,23,25). The predicted molar refractivity (Wildman–Crippen MR) is 96.6 cm³/mol. The molecule has 0 bridgehead atoms. The van der Waals surface area contributed by atoms with Crippen molar-refractivity contribution in [2.24, 2.45) is 0 Å². The number of rotatable bonds is 4. The number of carbonyl (C=O) groups is 2. The van der Waals surface area contributed by atoms with Gasteiger partial charge in [0, 0.05) is 5.69 Å². The molecule has 0 atom stereocenters. The minimum atomic E-state index is -0.912. The van der Waals surface area contributed by atoms with Gasteiger partial charge in [-0.1, -0.05) is 36.4 Å². The molecule has 5 nitrogen and oxygen atoms in total. The highest BCUT2D eigenvalue weighted by Crippen LogP contribution is 2.29. The lowest BCUT2D eigenvalue weighted by atomic mass is 10.2. The average molecular weight is 350 g/mol. The smallest absolute Gasteiger partial charge is 0.314 e. The first-order chi connectivity index (χ1) is 12.6. The molecular formula is C20H15FN2O3. The Morgan fingerprint density at radius 3 is 2.23 bits per heavy atom. The number of ether oxygens (including phenoxy) is 1. The van der Waals surface area contributed by atoms with Crippen molar-refractivity contribution in [2.45, 2.75) is 0 Å². The molecule has 3 rings (SSSR count). The zero-order valence-electron chi connectivity index (χ0n) is 13.6. The van der Waals surface area contributed by atoms with E-state index in [0.717, 1.165) is 6.07 Å². The lowest BCUT2D eigenvalue weighted by molar-refractivity contribution is -0.133. The van der Waals surface area contributed by atoms with Crippen molar-refractivity contribution >= 4 is 23.2 Å². The maximum Gasteiger partial charge on any atom is 0.314 e. The van der Waals surface area contributed by atoms with E-state index in [1.807, 2.05) is 18.2 Å². The molecule has 3 aromatic rings. The van der Waals surface area contributed by atoms with Crippen LogP contribution in [-0.4, -0.2) is 11.8 Å². The van der Waals surface area contributed by atoms with E-state index in [4.69, 9.17) is 4.74 Å². The van der Waals surface area contributed by atoms with Gasteiger partial charge < -0.3 is 15.4 Å². The van der Waals surface area contributed by atoms with Gasteiger partial charge in [0.1, 0.15) is 11.6 Å². The average Bonchev–Trinajstić information content (AvgIpc) is 2.64. The molecule has 2 N–H and O–H groups in total. The molecular weight excluding hydrogens is 335 g/mol. The summed E-state index contributed by atoms with van der Waals surface area (Å²) in [5.74, 6) is -1.32. The molecule has 2 amide bonds. The van der Waals surface area contributed by atoms with Crippen molar-refractivity contribution < 1.29 is 18.7 Å². The van der Waals surface area contributed by atoms with E-state index in [1.165, 1.54) is 18.2 Å². The van der Waals surface area contributed by atoms with Gasteiger partial charge in [-0.2, -0.15) is 0 Å². The maximum absolute atomic E-state index is 13.2. The zero-order valence-corrected chi connectivity index (χ0v) is 13.6. The van der Waals surface area contributed by atoms with Gasteiger partial charge in [0.15, 0.2) is 5.75 Å². The molecule has 0 saturated carbocycles. The summed E-state index contributed by atoms with van der Waals surface area (Å²) < 4.78 is 18.9. The second kappa shape index (κ2) is 7.94. The SMILES string of the molecule is O=C(Nc1cccc(F)c1)C(=O)Nc1ccccc1Oc1ccccc1. The maximum atomic E-state index is 13.2. The lowest BCUT2D eigenvalue weighted by Crippen LogP contribution is -2.29. The molecule has 26 heavy (non-hydrogen) atoms. The summed E-state index contributed by atoms with van der Waals surface area (Å²) in [4.78, 5) is 24.1. The summed E-state index contributed by atoms with van der Waals surface area (Å²) in [6.07, 6.45) is 0. The van der Waals surface area contributed by atoms with Crippen molar-refractivity contribution in [3.63, 3.8) is 0 Å². The minimum Gasteiger partial charge on any atom is -0.455 e. The molecule has 3 aromatic carbocycles. The number of halogens is 1. The van der Waals surface area contributed by atoms with E-state index in [2.05, 4.69) is 10.6 Å². The number of hydrogen-bond acceptors (Lipinski definition) is 3. The number of anilines is 2. The fourth-order valence-corrected chi connectivity index (χ4v) is 2.21. The summed E-state index contributed by atoms with van der Waals surface area (Å²) in [6.45, 7) is 0. The normalized spacial score (nSPS) is 10.0. The number of carbonyl (C=O) groups excluding carboxylic acids is 2. The van der Waals surface area contributed by atoms with Gasteiger partial charge in [-0.25, -0.2) is 4.39 Å². The molecule has 0 heterocycles. The third-order valence-electron chi connectivity index (χ3n) is 3.39. The van der Waals surface area contributed by atoms with Gasteiger partial charge >= 0.3 is 11.8 Å². The van der Waals surface area contributed by atoms with Crippen LogP contribution in [0.15, 0.2) is 78.9 Å². The van der Waals surface area contributed by atoms with Crippen molar-refractivity contribution in [1.29, 1.82) is 0 Å². The summed E-state index contributed by atoms with van der Waals surface area (Å²) in [5.41, 5.74) is 0.537. The van der Waals surface area contributed by atoms with Crippen molar-refractivity contribution in [1.82, 2.24) is 0 Å². The van der Waals surface area contributed by atoms with Crippen LogP contribution in [0.5, 0.6) is 11.5 Å². The fraction of sp³-hybridized carbons (Fsp3) is 0. The highest BCUT2D eigenvalue weighted by atomic mass is 19.1. The Morgan fingerprint density at radius 2 is 1.46 bits per heavy atom. The topological polar surface area (TPSA) is 67.4 Å². The largest absolute Gasteiger partial charge is 0.455 e. The Balaban J connectivity index is 1.70. The van der Waals surface area contributed by atoms with E-state index in [0.29, 0.717) is 17.2 Å². The van der Waals surface area contributed by atoms with Gasteiger partial charge in [0.2, 0.25) is 0 Å². The summed E-state index contributed by atoms with van der Waals surface area (Å²) >= 11 is 0. The Hall–Kier alpha value is -3.67. The van der Waals surface area contributed by atoms with E-state index in [9.17, 15) is 14.0 Å². The second-order valence-corrected chi connectivity index (χ2v) is 5.33. The minimum absolute atomic E-state index is 0.193. The third kappa shape index (κ3) is 4.45. The molecule has 0 fully saturated rings. The number of benzene rings is 3.